The summed E-state index contributed by atoms with van der Waals surface area (Å²) in [6, 6.07) is 0. The van der Waals surface area contributed by atoms with Crippen molar-refractivity contribution >= 4 is 0 Å². The monoisotopic (exact) mass is 144 g/mol. The zero-order chi connectivity index (χ0) is 7.82. The quantitative estimate of drug-likeness (QED) is 0.607. The minimum absolute atomic E-state index is 0.366. The molecule has 62 valence electrons. The first-order valence-electron chi connectivity index (χ1n) is 4.46. The predicted molar refractivity (Wildman–Crippen MR) is 45.0 cm³/mol. The Labute approximate surface area is 64.5 Å². The average Bonchev–Trinajstić information content (AvgIpc) is 1.90. The summed E-state index contributed by atoms with van der Waals surface area (Å²) in [5.41, 5.74) is 0. The van der Waals surface area contributed by atoms with Crippen molar-refractivity contribution in [3.8, 4) is 0 Å². The topological polar surface area (TPSA) is 20.2 Å². The van der Waals surface area contributed by atoms with Gasteiger partial charge in [-0.3, -0.25) is 0 Å². The third kappa shape index (κ3) is 4.80. The molecule has 0 amide bonds. The lowest BCUT2D eigenvalue weighted by molar-refractivity contribution is 0.245. The first-order valence-corrected chi connectivity index (χ1v) is 4.46. The highest BCUT2D eigenvalue weighted by Crippen LogP contribution is 2.16. The lowest BCUT2D eigenvalue weighted by atomic mass is 9.95. The molecule has 1 N–H and O–H groups in total. The van der Waals surface area contributed by atoms with Crippen LogP contribution in [-0.2, 0) is 0 Å². The number of aliphatic hydroxyl groups is 1. The molecule has 0 atom stereocenters. The Hall–Kier alpha value is -0.0400. The van der Waals surface area contributed by atoms with Crippen molar-refractivity contribution in [2.75, 3.05) is 6.61 Å². The average molecular weight is 144 g/mol. The molecule has 0 aliphatic carbocycles. The van der Waals surface area contributed by atoms with Crippen LogP contribution in [0.5, 0.6) is 0 Å². The number of aliphatic hydroxyl groups excluding tert-OH is 1. The molecule has 0 aliphatic heterocycles. The van der Waals surface area contributed by atoms with Crippen LogP contribution in [-0.4, -0.2) is 11.7 Å². The van der Waals surface area contributed by atoms with Gasteiger partial charge in [0.05, 0.1) is 0 Å². The van der Waals surface area contributed by atoms with Crippen LogP contribution < -0.4 is 0 Å². The molecule has 0 saturated heterocycles. The van der Waals surface area contributed by atoms with Crippen molar-refractivity contribution in [2.24, 2.45) is 5.92 Å². The third-order valence-electron chi connectivity index (χ3n) is 1.93. The van der Waals surface area contributed by atoms with E-state index < -0.39 is 0 Å². The molecular weight excluding hydrogens is 124 g/mol. The maximum atomic E-state index is 8.69. The summed E-state index contributed by atoms with van der Waals surface area (Å²) in [5, 5.41) is 8.69. The Morgan fingerprint density at radius 3 is 1.80 bits per heavy atom. The fourth-order valence-corrected chi connectivity index (χ4v) is 1.43. The van der Waals surface area contributed by atoms with Gasteiger partial charge in [0.25, 0.3) is 0 Å². The van der Waals surface area contributed by atoms with E-state index in [1.165, 1.54) is 25.7 Å². The number of hydrogen-bond donors (Lipinski definition) is 1. The lowest BCUT2D eigenvalue weighted by Crippen LogP contribution is -2.01. The van der Waals surface area contributed by atoms with Gasteiger partial charge in [0.15, 0.2) is 0 Å². The van der Waals surface area contributed by atoms with Gasteiger partial charge in [-0.1, -0.05) is 39.5 Å². The van der Waals surface area contributed by atoms with E-state index >= 15 is 0 Å². The molecule has 0 fully saturated rings. The van der Waals surface area contributed by atoms with E-state index in [2.05, 4.69) is 13.8 Å². The van der Waals surface area contributed by atoms with Crippen molar-refractivity contribution < 1.29 is 5.11 Å². The first kappa shape index (κ1) is 9.96. The molecule has 1 nitrogen and oxygen atoms in total. The zero-order valence-corrected chi connectivity index (χ0v) is 7.27. The molecule has 0 aliphatic rings. The second-order valence-electron chi connectivity index (χ2n) is 2.96. The van der Waals surface area contributed by atoms with Crippen LogP contribution in [0, 0.1) is 5.92 Å². The van der Waals surface area contributed by atoms with Gasteiger partial charge in [0.2, 0.25) is 0 Å². The highest BCUT2D eigenvalue weighted by molar-refractivity contribution is 4.56. The SMILES string of the molecule is CCCC(CCC)CCO. The summed E-state index contributed by atoms with van der Waals surface area (Å²) in [7, 11) is 0. The maximum Gasteiger partial charge on any atom is 0.0433 e. The van der Waals surface area contributed by atoms with Gasteiger partial charge in [0, 0.05) is 6.61 Å². The molecule has 0 aromatic carbocycles. The summed E-state index contributed by atoms with van der Waals surface area (Å²) < 4.78 is 0. The lowest BCUT2D eigenvalue weighted by Gasteiger charge is -2.12. The largest absolute Gasteiger partial charge is 0.396 e. The van der Waals surface area contributed by atoms with Crippen molar-refractivity contribution in [3.63, 3.8) is 0 Å². The number of rotatable bonds is 6. The number of hydrogen-bond acceptors (Lipinski definition) is 1. The van der Waals surface area contributed by atoms with Gasteiger partial charge in [-0.15, -0.1) is 0 Å². The standard InChI is InChI=1S/C9H20O/c1-3-5-9(6-4-2)7-8-10/h9-10H,3-8H2,1-2H3. The summed E-state index contributed by atoms with van der Waals surface area (Å²) in [6.07, 6.45) is 6.08. The smallest absolute Gasteiger partial charge is 0.0433 e. The van der Waals surface area contributed by atoms with Crippen LogP contribution in [0.2, 0.25) is 0 Å². The highest BCUT2D eigenvalue weighted by atomic mass is 16.3. The third-order valence-corrected chi connectivity index (χ3v) is 1.93. The van der Waals surface area contributed by atoms with Crippen molar-refractivity contribution in [1.29, 1.82) is 0 Å². The van der Waals surface area contributed by atoms with E-state index in [1.54, 1.807) is 0 Å². The normalized spacial score (nSPS) is 10.8. The molecule has 0 spiro atoms. The Kier molecular flexibility index (Phi) is 7.04. The molecular formula is C9H20O. The molecule has 1 heteroatoms. The van der Waals surface area contributed by atoms with Gasteiger partial charge < -0.3 is 5.11 Å². The summed E-state index contributed by atoms with van der Waals surface area (Å²) in [6.45, 7) is 4.78. The highest BCUT2D eigenvalue weighted by Gasteiger charge is 2.04. The van der Waals surface area contributed by atoms with Gasteiger partial charge in [-0.25, -0.2) is 0 Å². The minimum Gasteiger partial charge on any atom is -0.396 e. The van der Waals surface area contributed by atoms with Crippen LogP contribution in [0.1, 0.15) is 46.0 Å². The zero-order valence-electron chi connectivity index (χ0n) is 7.27. The van der Waals surface area contributed by atoms with Crippen LogP contribution >= 0.6 is 0 Å². The molecule has 0 rings (SSSR count). The molecule has 0 aromatic rings. The van der Waals surface area contributed by atoms with Crippen LogP contribution in [0.15, 0.2) is 0 Å². The minimum atomic E-state index is 0.366. The summed E-state index contributed by atoms with van der Waals surface area (Å²) in [4.78, 5) is 0. The Balaban J connectivity index is 3.30. The molecule has 10 heavy (non-hydrogen) atoms. The molecule has 0 heterocycles. The van der Waals surface area contributed by atoms with E-state index in [4.69, 9.17) is 5.11 Å². The van der Waals surface area contributed by atoms with Gasteiger partial charge >= 0.3 is 0 Å². The summed E-state index contributed by atoms with van der Waals surface area (Å²) >= 11 is 0. The van der Waals surface area contributed by atoms with Crippen molar-refractivity contribution in [1.82, 2.24) is 0 Å². The predicted octanol–water partition coefficient (Wildman–Crippen LogP) is 2.59. The van der Waals surface area contributed by atoms with Gasteiger partial charge in [-0.05, 0) is 12.3 Å². The van der Waals surface area contributed by atoms with Crippen molar-refractivity contribution in [3.05, 3.63) is 0 Å². The fourth-order valence-electron chi connectivity index (χ4n) is 1.43. The van der Waals surface area contributed by atoms with Crippen LogP contribution in [0.3, 0.4) is 0 Å². The van der Waals surface area contributed by atoms with E-state index in [9.17, 15) is 0 Å². The fraction of sp³-hybridized carbons (Fsp3) is 1.00. The second kappa shape index (κ2) is 7.07. The molecule has 0 bridgehead atoms. The molecule has 0 saturated carbocycles. The van der Waals surface area contributed by atoms with E-state index in [0.717, 1.165) is 12.3 Å². The molecule has 0 aromatic heterocycles. The Bertz CT molecular complexity index is 47.5. The van der Waals surface area contributed by atoms with E-state index in [-0.39, 0.29) is 0 Å². The first-order chi connectivity index (χ1) is 4.85. The van der Waals surface area contributed by atoms with E-state index in [0.29, 0.717) is 6.61 Å². The second-order valence-corrected chi connectivity index (χ2v) is 2.96. The summed E-state index contributed by atoms with van der Waals surface area (Å²) in [5.74, 6) is 0.778. The van der Waals surface area contributed by atoms with Gasteiger partial charge in [-0.2, -0.15) is 0 Å². The van der Waals surface area contributed by atoms with E-state index in [1.807, 2.05) is 0 Å². The maximum absolute atomic E-state index is 8.69. The Morgan fingerprint density at radius 1 is 1.00 bits per heavy atom. The van der Waals surface area contributed by atoms with Crippen LogP contribution in [0.25, 0.3) is 0 Å². The van der Waals surface area contributed by atoms with Crippen LogP contribution in [0.4, 0.5) is 0 Å². The van der Waals surface area contributed by atoms with Crippen molar-refractivity contribution in [2.45, 2.75) is 46.0 Å². The molecule has 0 radical (unpaired) electrons. The molecule has 0 unspecified atom stereocenters. The Morgan fingerprint density at radius 2 is 1.50 bits per heavy atom. The van der Waals surface area contributed by atoms with Gasteiger partial charge in [0.1, 0.15) is 0 Å².